The number of fused-ring (bicyclic) bond motifs is 1. The Bertz CT molecular complexity index is 516. The number of amides is 1. The van der Waals surface area contributed by atoms with Gasteiger partial charge in [-0.2, -0.15) is 0 Å². The van der Waals surface area contributed by atoms with Gasteiger partial charge in [-0.05, 0) is 51.2 Å². The van der Waals surface area contributed by atoms with Crippen LogP contribution >= 0.6 is 0 Å². The second-order valence-corrected chi connectivity index (χ2v) is 6.36. The number of hydrogen-bond donors (Lipinski definition) is 1. The van der Waals surface area contributed by atoms with Gasteiger partial charge in [0.2, 0.25) is 0 Å². The molecule has 0 saturated carbocycles. The zero-order chi connectivity index (χ0) is 14.8. The Balaban J connectivity index is 2.24. The van der Waals surface area contributed by atoms with E-state index in [0.717, 1.165) is 12.8 Å². The summed E-state index contributed by atoms with van der Waals surface area (Å²) >= 11 is 0. The molecule has 0 aliphatic heterocycles. The molecule has 20 heavy (non-hydrogen) atoms. The zero-order valence-corrected chi connectivity index (χ0v) is 12.5. The minimum atomic E-state index is -0.489. The number of hydrogen-bond acceptors (Lipinski definition) is 2. The van der Waals surface area contributed by atoms with Gasteiger partial charge in [0.1, 0.15) is 5.60 Å². The van der Waals surface area contributed by atoms with Crippen LogP contribution in [-0.2, 0) is 16.7 Å². The number of nitrogens with one attached hydrogen (secondary N) is 1. The van der Waals surface area contributed by atoms with E-state index in [0.29, 0.717) is 6.42 Å². The van der Waals surface area contributed by atoms with Gasteiger partial charge in [0.25, 0.3) is 0 Å². The van der Waals surface area contributed by atoms with E-state index in [1.807, 2.05) is 39.0 Å². The monoisotopic (exact) mass is 273 g/mol. The van der Waals surface area contributed by atoms with Crippen molar-refractivity contribution < 1.29 is 9.53 Å². The highest BCUT2D eigenvalue weighted by molar-refractivity contribution is 5.70. The lowest BCUT2D eigenvalue weighted by Crippen LogP contribution is -2.46. The second kappa shape index (κ2) is 5.31. The minimum absolute atomic E-state index is 0.365. The van der Waals surface area contributed by atoms with E-state index < -0.39 is 5.60 Å². The molecule has 0 aromatic heterocycles. The van der Waals surface area contributed by atoms with Gasteiger partial charge in [-0.25, -0.2) is 4.79 Å². The number of alkyl carbamates (subject to hydrolysis) is 1. The molecule has 1 aliphatic rings. The molecule has 1 amide bonds. The van der Waals surface area contributed by atoms with Crippen LogP contribution in [0.25, 0.3) is 0 Å². The third-order valence-electron chi connectivity index (χ3n) is 3.59. The van der Waals surface area contributed by atoms with Gasteiger partial charge in [0, 0.05) is 0 Å². The van der Waals surface area contributed by atoms with E-state index in [9.17, 15) is 4.79 Å². The molecule has 1 aromatic rings. The molecule has 0 heterocycles. The summed E-state index contributed by atoms with van der Waals surface area (Å²) in [5.41, 5.74) is 1.62. The summed E-state index contributed by atoms with van der Waals surface area (Å²) < 4.78 is 5.40. The molecule has 0 unspecified atom stereocenters. The standard InChI is InChI=1S/C17H23NO2/c1-5-11-17(18-15(19)20-16(2,3)4)12-10-13-8-6-7-9-14(13)17/h5-9H,1,10-12H2,2-4H3,(H,18,19)/t17-/m0/s1. The smallest absolute Gasteiger partial charge is 0.408 e. The van der Waals surface area contributed by atoms with Crippen LogP contribution in [0.15, 0.2) is 36.9 Å². The van der Waals surface area contributed by atoms with Crippen LogP contribution in [0.1, 0.15) is 44.7 Å². The van der Waals surface area contributed by atoms with Crippen molar-refractivity contribution in [3.63, 3.8) is 0 Å². The van der Waals surface area contributed by atoms with E-state index in [1.165, 1.54) is 11.1 Å². The fourth-order valence-electron chi connectivity index (χ4n) is 2.83. The second-order valence-electron chi connectivity index (χ2n) is 6.36. The number of carbonyl (C=O) groups excluding carboxylic acids is 1. The topological polar surface area (TPSA) is 38.3 Å². The molecule has 3 nitrogen and oxygen atoms in total. The average Bonchev–Trinajstić information content (AvgIpc) is 2.67. The van der Waals surface area contributed by atoms with E-state index >= 15 is 0 Å². The van der Waals surface area contributed by atoms with Gasteiger partial charge in [-0.15, -0.1) is 6.58 Å². The van der Waals surface area contributed by atoms with Crippen LogP contribution in [0.4, 0.5) is 4.79 Å². The van der Waals surface area contributed by atoms with Crippen LogP contribution in [0.3, 0.4) is 0 Å². The third-order valence-corrected chi connectivity index (χ3v) is 3.59. The molecule has 0 radical (unpaired) electrons. The summed E-state index contributed by atoms with van der Waals surface area (Å²) in [6.45, 7) is 9.44. The van der Waals surface area contributed by atoms with Gasteiger partial charge in [0.05, 0.1) is 5.54 Å². The Kier molecular flexibility index (Phi) is 3.89. The summed E-state index contributed by atoms with van der Waals surface area (Å²) in [5.74, 6) is 0. The molecule has 108 valence electrons. The van der Waals surface area contributed by atoms with Crippen LogP contribution in [0.2, 0.25) is 0 Å². The molecule has 0 saturated heterocycles. The van der Waals surface area contributed by atoms with E-state index in [2.05, 4.69) is 24.0 Å². The van der Waals surface area contributed by atoms with Gasteiger partial charge in [-0.1, -0.05) is 30.3 Å². The molecule has 1 atom stereocenters. The highest BCUT2D eigenvalue weighted by atomic mass is 16.6. The van der Waals surface area contributed by atoms with Crippen LogP contribution in [0, 0.1) is 0 Å². The van der Waals surface area contributed by atoms with Crippen LogP contribution in [-0.4, -0.2) is 11.7 Å². The van der Waals surface area contributed by atoms with Crippen molar-refractivity contribution in [1.29, 1.82) is 0 Å². The van der Waals surface area contributed by atoms with Crippen molar-refractivity contribution in [1.82, 2.24) is 5.32 Å². The summed E-state index contributed by atoms with van der Waals surface area (Å²) in [6.07, 6.45) is 4.07. The minimum Gasteiger partial charge on any atom is -0.444 e. The first-order chi connectivity index (χ1) is 9.36. The number of benzene rings is 1. The van der Waals surface area contributed by atoms with Crippen molar-refractivity contribution in [2.24, 2.45) is 0 Å². The molecule has 1 aliphatic carbocycles. The predicted octanol–water partition coefficient (Wildman–Crippen LogP) is 3.93. The highest BCUT2D eigenvalue weighted by Crippen LogP contribution is 2.39. The summed E-state index contributed by atoms with van der Waals surface area (Å²) in [6, 6.07) is 8.26. The Morgan fingerprint density at radius 3 is 2.80 bits per heavy atom. The van der Waals surface area contributed by atoms with Crippen molar-refractivity contribution in [3.8, 4) is 0 Å². The van der Waals surface area contributed by atoms with E-state index in [4.69, 9.17) is 4.74 Å². The molecule has 2 rings (SSSR count). The molecule has 0 fully saturated rings. The molecule has 0 bridgehead atoms. The fraction of sp³-hybridized carbons (Fsp3) is 0.471. The molecule has 1 aromatic carbocycles. The Hall–Kier alpha value is -1.77. The van der Waals surface area contributed by atoms with Gasteiger partial charge in [0.15, 0.2) is 0 Å². The van der Waals surface area contributed by atoms with Crippen molar-refractivity contribution >= 4 is 6.09 Å². The fourth-order valence-corrected chi connectivity index (χ4v) is 2.83. The first-order valence-electron chi connectivity index (χ1n) is 7.07. The Morgan fingerprint density at radius 1 is 1.45 bits per heavy atom. The number of rotatable bonds is 3. The predicted molar refractivity (Wildman–Crippen MR) is 80.6 cm³/mol. The zero-order valence-electron chi connectivity index (χ0n) is 12.5. The molecule has 1 N–H and O–H groups in total. The molecule has 3 heteroatoms. The normalized spacial score (nSPS) is 21.1. The summed E-state index contributed by atoms with van der Waals surface area (Å²) in [4.78, 5) is 12.1. The highest BCUT2D eigenvalue weighted by Gasteiger charge is 2.39. The number of ether oxygens (including phenoxy) is 1. The van der Waals surface area contributed by atoms with Gasteiger partial charge >= 0.3 is 6.09 Å². The maximum absolute atomic E-state index is 12.1. The first-order valence-corrected chi connectivity index (χ1v) is 7.07. The van der Waals surface area contributed by atoms with Crippen molar-refractivity contribution in [2.75, 3.05) is 0 Å². The van der Waals surface area contributed by atoms with Gasteiger partial charge in [-0.3, -0.25) is 0 Å². The average molecular weight is 273 g/mol. The maximum Gasteiger partial charge on any atom is 0.408 e. The summed E-state index contributed by atoms with van der Waals surface area (Å²) in [7, 11) is 0. The number of carbonyl (C=O) groups is 1. The van der Waals surface area contributed by atoms with Crippen molar-refractivity contribution in [3.05, 3.63) is 48.0 Å². The quantitative estimate of drug-likeness (QED) is 0.847. The third kappa shape index (κ3) is 3.03. The van der Waals surface area contributed by atoms with Crippen LogP contribution in [0.5, 0.6) is 0 Å². The molecular weight excluding hydrogens is 250 g/mol. The Labute approximate surface area is 121 Å². The first kappa shape index (κ1) is 14.6. The lowest BCUT2D eigenvalue weighted by atomic mass is 9.88. The SMILES string of the molecule is C=CC[C@]1(NC(=O)OC(C)(C)C)CCc2ccccc21. The van der Waals surface area contributed by atoms with Gasteiger partial charge < -0.3 is 10.1 Å². The maximum atomic E-state index is 12.1. The lowest BCUT2D eigenvalue weighted by molar-refractivity contribution is 0.0452. The lowest BCUT2D eigenvalue weighted by Gasteiger charge is -2.32. The van der Waals surface area contributed by atoms with Crippen molar-refractivity contribution in [2.45, 2.75) is 51.2 Å². The van der Waals surface area contributed by atoms with Crippen LogP contribution < -0.4 is 5.32 Å². The summed E-state index contributed by atoms with van der Waals surface area (Å²) in [5, 5.41) is 3.07. The Morgan fingerprint density at radius 2 is 2.15 bits per heavy atom. The molecule has 0 spiro atoms. The molecular formula is C17H23NO2. The van der Waals surface area contributed by atoms with E-state index in [-0.39, 0.29) is 11.6 Å². The number of aryl methyl sites for hydroxylation is 1. The largest absolute Gasteiger partial charge is 0.444 e. The van der Waals surface area contributed by atoms with E-state index in [1.54, 1.807) is 0 Å².